The highest BCUT2D eigenvalue weighted by molar-refractivity contribution is 5.93. The lowest BCUT2D eigenvalue weighted by Crippen LogP contribution is -2.40. The van der Waals surface area contributed by atoms with E-state index in [0.717, 1.165) is 37.0 Å². The minimum Gasteiger partial charge on any atom is -0.353 e. The molecule has 27 heavy (non-hydrogen) atoms. The van der Waals surface area contributed by atoms with E-state index in [0.29, 0.717) is 12.3 Å². The number of carbonyl (C=O) groups excluding carboxylic acids is 2. The van der Waals surface area contributed by atoms with E-state index in [4.69, 9.17) is 0 Å². The largest absolute Gasteiger partial charge is 0.353 e. The van der Waals surface area contributed by atoms with Crippen LogP contribution in [0.2, 0.25) is 0 Å². The Kier molecular flexibility index (Phi) is 5.41. The summed E-state index contributed by atoms with van der Waals surface area (Å²) in [4.78, 5) is 29.0. The summed E-state index contributed by atoms with van der Waals surface area (Å²) in [6, 6.07) is 4.00. The molecule has 2 aromatic heterocycles. The van der Waals surface area contributed by atoms with Crippen LogP contribution < -0.4 is 10.6 Å². The summed E-state index contributed by atoms with van der Waals surface area (Å²) in [6.45, 7) is 0. The van der Waals surface area contributed by atoms with E-state index in [2.05, 4.69) is 15.6 Å². The zero-order valence-electron chi connectivity index (χ0n) is 15.7. The van der Waals surface area contributed by atoms with Gasteiger partial charge in [0.25, 0.3) is 0 Å². The molecule has 4 rings (SSSR count). The van der Waals surface area contributed by atoms with Crippen molar-refractivity contribution in [3.05, 3.63) is 30.7 Å². The van der Waals surface area contributed by atoms with E-state index in [1.54, 1.807) is 6.20 Å². The molecule has 2 heterocycles. The standard InChI is InChI=1S/C21H28N4O2/c26-20(13-15-3-1-2-4-15)23-17-7-5-16(6-8-17)21(27)24-18-9-11-25-12-10-22-19(25)14-18/h9-12,14-17H,1-8,13H2,(H,23,26)(H,24,27). The number of rotatable bonds is 5. The molecule has 0 radical (unpaired) electrons. The number of nitrogens with zero attached hydrogens (tertiary/aromatic N) is 2. The summed E-state index contributed by atoms with van der Waals surface area (Å²) >= 11 is 0. The molecular formula is C21H28N4O2. The van der Waals surface area contributed by atoms with Crippen molar-refractivity contribution in [1.29, 1.82) is 0 Å². The maximum absolute atomic E-state index is 12.6. The lowest BCUT2D eigenvalue weighted by molar-refractivity contribution is -0.123. The van der Waals surface area contributed by atoms with E-state index in [9.17, 15) is 9.59 Å². The first-order valence-electron chi connectivity index (χ1n) is 10.2. The minimum atomic E-state index is 0.0176. The number of imidazole rings is 1. The van der Waals surface area contributed by atoms with E-state index in [-0.39, 0.29) is 23.8 Å². The number of hydrogen-bond acceptors (Lipinski definition) is 3. The Morgan fingerprint density at radius 3 is 2.63 bits per heavy atom. The van der Waals surface area contributed by atoms with Gasteiger partial charge in [-0.3, -0.25) is 9.59 Å². The van der Waals surface area contributed by atoms with Crippen molar-refractivity contribution in [3.8, 4) is 0 Å². The van der Waals surface area contributed by atoms with Crippen molar-refractivity contribution in [3.63, 3.8) is 0 Å². The Morgan fingerprint density at radius 2 is 1.85 bits per heavy atom. The summed E-state index contributed by atoms with van der Waals surface area (Å²) in [5.41, 5.74) is 1.60. The SMILES string of the molecule is O=C(CC1CCCC1)NC1CCC(C(=O)Nc2ccn3ccnc3c2)CC1. The van der Waals surface area contributed by atoms with Gasteiger partial charge in [0, 0.05) is 48.7 Å². The van der Waals surface area contributed by atoms with Crippen molar-refractivity contribution in [1.82, 2.24) is 14.7 Å². The third-order valence-corrected chi connectivity index (χ3v) is 6.08. The minimum absolute atomic E-state index is 0.0176. The molecule has 2 aliphatic rings. The quantitative estimate of drug-likeness (QED) is 0.848. The number of pyridine rings is 1. The number of aromatic nitrogens is 2. The second-order valence-electron chi connectivity index (χ2n) is 8.07. The smallest absolute Gasteiger partial charge is 0.227 e. The third-order valence-electron chi connectivity index (χ3n) is 6.08. The van der Waals surface area contributed by atoms with Gasteiger partial charge in [0.05, 0.1) is 0 Å². The fourth-order valence-corrected chi connectivity index (χ4v) is 4.50. The Morgan fingerprint density at radius 1 is 1.07 bits per heavy atom. The number of carbonyl (C=O) groups is 2. The molecule has 0 atom stereocenters. The van der Waals surface area contributed by atoms with Gasteiger partial charge >= 0.3 is 0 Å². The number of hydrogen-bond donors (Lipinski definition) is 2. The molecule has 2 amide bonds. The molecule has 144 valence electrons. The van der Waals surface area contributed by atoms with Crippen molar-refractivity contribution >= 4 is 23.1 Å². The van der Waals surface area contributed by atoms with Gasteiger partial charge in [-0.2, -0.15) is 0 Å². The van der Waals surface area contributed by atoms with Crippen LogP contribution in [0.1, 0.15) is 57.8 Å². The van der Waals surface area contributed by atoms with Crippen molar-refractivity contribution in [2.45, 2.75) is 63.8 Å². The summed E-state index contributed by atoms with van der Waals surface area (Å²) < 4.78 is 1.91. The van der Waals surface area contributed by atoms with E-state index < -0.39 is 0 Å². The highest BCUT2D eigenvalue weighted by Crippen LogP contribution is 2.29. The first kappa shape index (κ1) is 18.0. The maximum Gasteiger partial charge on any atom is 0.227 e. The molecule has 0 spiro atoms. The molecule has 0 aliphatic heterocycles. The normalized spacial score (nSPS) is 23.4. The Labute approximate surface area is 159 Å². The number of nitrogens with one attached hydrogen (secondary N) is 2. The van der Waals surface area contributed by atoms with Crippen LogP contribution in [0.5, 0.6) is 0 Å². The van der Waals surface area contributed by atoms with Crippen LogP contribution in [-0.4, -0.2) is 27.2 Å². The van der Waals surface area contributed by atoms with Gasteiger partial charge in [-0.25, -0.2) is 4.98 Å². The average Bonchev–Trinajstić information content (AvgIpc) is 3.33. The Balaban J connectivity index is 1.23. The zero-order chi connectivity index (χ0) is 18.6. The number of fused-ring (bicyclic) bond motifs is 1. The summed E-state index contributed by atoms with van der Waals surface area (Å²) in [5.74, 6) is 0.868. The Bertz CT molecular complexity index is 801. The molecule has 2 saturated carbocycles. The van der Waals surface area contributed by atoms with Gasteiger partial charge in [0.1, 0.15) is 5.65 Å². The van der Waals surface area contributed by atoms with Gasteiger partial charge in [0.15, 0.2) is 0 Å². The molecule has 0 unspecified atom stereocenters. The fraction of sp³-hybridized carbons (Fsp3) is 0.571. The van der Waals surface area contributed by atoms with E-state index in [1.165, 1.54) is 25.7 Å². The summed E-state index contributed by atoms with van der Waals surface area (Å²) in [6.07, 6.45) is 14.5. The number of amides is 2. The summed E-state index contributed by atoms with van der Waals surface area (Å²) in [7, 11) is 0. The zero-order valence-corrected chi connectivity index (χ0v) is 15.7. The Hall–Kier alpha value is -2.37. The van der Waals surface area contributed by atoms with Crippen LogP contribution in [0.25, 0.3) is 5.65 Å². The molecule has 2 N–H and O–H groups in total. The topological polar surface area (TPSA) is 75.5 Å². The van der Waals surface area contributed by atoms with Crippen molar-refractivity contribution < 1.29 is 9.59 Å². The molecule has 6 nitrogen and oxygen atoms in total. The fourth-order valence-electron chi connectivity index (χ4n) is 4.50. The van der Waals surface area contributed by atoms with Gasteiger partial charge in [-0.05, 0) is 50.5 Å². The summed E-state index contributed by atoms with van der Waals surface area (Å²) in [5, 5.41) is 6.21. The predicted molar refractivity (Wildman–Crippen MR) is 104 cm³/mol. The second-order valence-corrected chi connectivity index (χ2v) is 8.07. The van der Waals surface area contributed by atoms with Crippen LogP contribution in [-0.2, 0) is 9.59 Å². The van der Waals surface area contributed by atoms with Crippen LogP contribution in [0.3, 0.4) is 0 Å². The van der Waals surface area contributed by atoms with Gasteiger partial charge in [0.2, 0.25) is 11.8 Å². The molecular weight excluding hydrogens is 340 g/mol. The monoisotopic (exact) mass is 368 g/mol. The number of anilines is 1. The third kappa shape index (κ3) is 4.49. The van der Waals surface area contributed by atoms with Gasteiger partial charge < -0.3 is 15.0 Å². The van der Waals surface area contributed by atoms with E-state index in [1.807, 2.05) is 28.9 Å². The molecule has 0 bridgehead atoms. The highest BCUT2D eigenvalue weighted by atomic mass is 16.2. The maximum atomic E-state index is 12.6. The van der Waals surface area contributed by atoms with Gasteiger partial charge in [-0.15, -0.1) is 0 Å². The molecule has 2 fully saturated rings. The molecule has 0 saturated heterocycles. The van der Waals surface area contributed by atoms with Crippen molar-refractivity contribution in [2.24, 2.45) is 11.8 Å². The molecule has 6 heteroatoms. The molecule has 2 aromatic rings. The highest BCUT2D eigenvalue weighted by Gasteiger charge is 2.28. The van der Waals surface area contributed by atoms with Crippen LogP contribution in [0, 0.1) is 11.8 Å². The van der Waals surface area contributed by atoms with Crippen LogP contribution >= 0.6 is 0 Å². The second kappa shape index (κ2) is 8.11. The first-order chi connectivity index (χ1) is 13.2. The average molecular weight is 368 g/mol. The van der Waals surface area contributed by atoms with Gasteiger partial charge in [-0.1, -0.05) is 12.8 Å². The van der Waals surface area contributed by atoms with Crippen LogP contribution in [0.4, 0.5) is 5.69 Å². The lowest BCUT2D eigenvalue weighted by atomic mass is 9.85. The lowest BCUT2D eigenvalue weighted by Gasteiger charge is -2.28. The first-order valence-corrected chi connectivity index (χ1v) is 10.2. The van der Waals surface area contributed by atoms with Crippen LogP contribution in [0.15, 0.2) is 30.7 Å². The predicted octanol–water partition coefficient (Wildman–Crippen LogP) is 3.53. The molecule has 0 aromatic carbocycles. The molecule has 2 aliphatic carbocycles. The van der Waals surface area contributed by atoms with Crippen molar-refractivity contribution in [2.75, 3.05) is 5.32 Å². The van der Waals surface area contributed by atoms with E-state index >= 15 is 0 Å².